The zero-order chi connectivity index (χ0) is 10.4. The van der Waals surface area contributed by atoms with Gasteiger partial charge in [-0.15, -0.1) is 0 Å². The van der Waals surface area contributed by atoms with Crippen molar-refractivity contribution >= 4 is 0 Å². The first-order valence-electron chi connectivity index (χ1n) is 5.10. The Morgan fingerprint density at radius 3 is 3.07 bits per heavy atom. The highest BCUT2D eigenvalue weighted by molar-refractivity contribution is 4.75. The van der Waals surface area contributed by atoms with E-state index in [2.05, 4.69) is 28.8 Å². The lowest BCUT2D eigenvalue weighted by Crippen LogP contribution is -2.47. The van der Waals surface area contributed by atoms with Crippen molar-refractivity contribution in [1.82, 2.24) is 4.90 Å². The highest BCUT2D eigenvalue weighted by atomic mass is 16.5. The molecule has 0 saturated carbocycles. The molecule has 5 heteroatoms. The minimum absolute atomic E-state index is 0.325. The molecule has 0 aliphatic carbocycles. The van der Waals surface area contributed by atoms with E-state index in [1.807, 2.05) is 0 Å². The van der Waals surface area contributed by atoms with Crippen molar-refractivity contribution in [2.45, 2.75) is 32.4 Å². The molecule has 5 nitrogen and oxygen atoms in total. The highest BCUT2D eigenvalue weighted by Crippen LogP contribution is 2.11. The zero-order valence-corrected chi connectivity index (χ0v) is 8.89. The van der Waals surface area contributed by atoms with Crippen LogP contribution < -0.4 is 0 Å². The van der Waals surface area contributed by atoms with Gasteiger partial charge in [0.15, 0.2) is 0 Å². The molecule has 2 atom stereocenters. The lowest BCUT2D eigenvalue weighted by molar-refractivity contribution is -0.0492. The summed E-state index contributed by atoms with van der Waals surface area (Å²) in [6.07, 6.45) is 1.26. The van der Waals surface area contributed by atoms with E-state index >= 15 is 0 Å². The van der Waals surface area contributed by atoms with Crippen LogP contribution in [0.2, 0.25) is 0 Å². The summed E-state index contributed by atoms with van der Waals surface area (Å²) >= 11 is 0. The molecule has 0 aromatic rings. The minimum Gasteiger partial charge on any atom is -0.376 e. The lowest BCUT2D eigenvalue weighted by atomic mass is 10.2. The van der Waals surface area contributed by atoms with E-state index < -0.39 is 0 Å². The van der Waals surface area contributed by atoms with Crippen molar-refractivity contribution in [3.05, 3.63) is 10.4 Å². The lowest BCUT2D eigenvalue weighted by Gasteiger charge is -2.36. The SMILES string of the molecule is CC1CN(CCCN=[N+]=[N-])C(C)CO1. The first-order valence-corrected chi connectivity index (χ1v) is 5.10. The first-order chi connectivity index (χ1) is 6.74. The van der Waals surface area contributed by atoms with E-state index in [0.717, 1.165) is 26.1 Å². The Morgan fingerprint density at radius 1 is 1.57 bits per heavy atom. The van der Waals surface area contributed by atoms with Gasteiger partial charge in [0.2, 0.25) is 0 Å². The smallest absolute Gasteiger partial charge is 0.0674 e. The van der Waals surface area contributed by atoms with Crippen LogP contribution in [-0.4, -0.2) is 43.3 Å². The summed E-state index contributed by atoms with van der Waals surface area (Å²) in [5.41, 5.74) is 8.12. The Morgan fingerprint density at radius 2 is 2.36 bits per heavy atom. The minimum atomic E-state index is 0.325. The molecule has 1 aliphatic rings. The van der Waals surface area contributed by atoms with Crippen LogP contribution in [-0.2, 0) is 4.74 Å². The number of azide groups is 1. The first kappa shape index (κ1) is 11.3. The quantitative estimate of drug-likeness (QED) is 0.299. The Kier molecular flexibility index (Phi) is 4.73. The van der Waals surface area contributed by atoms with E-state index in [1.54, 1.807) is 0 Å². The Balaban J connectivity index is 2.23. The van der Waals surface area contributed by atoms with Gasteiger partial charge in [0.25, 0.3) is 0 Å². The third-order valence-corrected chi connectivity index (χ3v) is 2.50. The molecule has 0 bridgehead atoms. The molecule has 0 radical (unpaired) electrons. The Bertz CT molecular complexity index is 215. The molecule has 1 saturated heterocycles. The van der Waals surface area contributed by atoms with Gasteiger partial charge in [0, 0.05) is 24.0 Å². The van der Waals surface area contributed by atoms with Gasteiger partial charge in [-0.3, -0.25) is 4.90 Å². The van der Waals surface area contributed by atoms with Crippen LogP contribution in [0.1, 0.15) is 20.3 Å². The molecule has 1 aliphatic heterocycles. The summed E-state index contributed by atoms with van der Waals surface area (Å²) in [5, 5.41) is 3.52. The predicted molar refractivity (Wildman–Crippen MR) is 55.1 cm³/mol. The fourth-order valence-electron chi connectivity index (χ4n) is 1.67. The fourth-order valence-corrected chi connectivity index (χ4v) is 1.67. The maximum atomic E-state index is 8.12. The third-order valence-electron chi connectivity index (χ3n) is 2.50. The van der Waals surface area contributed by atoms with E-state index in [0.29, 0.717) is 18.7 Å². The maximum Gasteiger partial charge on any atom is 0.0674 e. The van der Waals surface area contributed by atoms with Crippen LogP contribution in [0.3, 0.4) is 0 Å². The molecule has 1 heterocycles. The third kappa shape index (κ3) is 3.54. The van der Waals surface area contributed by atoms with E-state index in [4.69, 9.17) is 10.3 Å². The Hall–Kier alpha value is -0.770. The highest BCUT2D eigenvalue weighted by Gasteiger charge is 2.22. The molecule has 0 N–H and O–H groups in total. The van der Waals surface area contributed by atoms with Crippen LogP contribution in [0.4, 0.5) is 0 Å². The average Bonchev–Trinajstić information content (AvgIpc) is 2.18. The summed E-state index contributed by atoms with van der Waals surface area (Å²) in [6.45, 7) is 7.63. The second-order valence-corrected chi connectivity index (χ2v) is 3.80. The largest absolute Gasteiger partial charge is 0.376 e. The van der Waals surface area contributed by atoms with E-state index in [1.165, 1.54) is 0 Å². The molecule has 1 fully saturated rings. The van der Waals surface area contributed by atoms with E-state index in [9.17, 15) is 0 Å². The van der Waals surface area contributed by atoms with Crippen molar-refractivity contribution in [1.29, 1.82) is 0 Å². The standard InChI is InChI=1S/C9H18N4O/c1-8-7-14-9(2)6-13(8)5-3-4-11-12-10/h8-9H,3-7H2,1-2H3. The van der Waals surface area contributed by atoms with Crippen LogP contribution >= 0.6 is 0 Å². The number of nitrogens with zero attached hydrogens (tertiary/aromatic N) is 4. The second kappa shape index (κ2) is 5.86. The fraction of sp³-hybridized carbons (Fsp3) is 1.00. The average molecular weight is 198 g/mol. The topological polar surface area (TPSA) is 61.2 Å². The summed E-state index contributed by atoms with van der Waals surface area (Å²) in [6, 6.07) is 0.484. The molecule has 2 unspecified atom stereocenters. The Labute approximate surface area is 84.7 Å². The molecule has 0 spiro atoms. The molecule has 80 valence electrons. The van der Waals surface area contributed by atoms with Crippen molar-refractivity contribution in [2.24, 2.45) is 5.11 Å². The van der Waals surface area contributed by atoms with Gasteiger partial charge in [0.05, 0.1) is 12.7 Å². The van der Waals surface area contributed by atoms with Crippen LogP contribution in [0, 0.1) is 0 Å². The van der Waals surface area contributed by atoms with Crippen molar-refractivity contribution in [3.8, 4) is 0 Å². The van der Waals surface area contributed by atoms with Crippen LogP contribution in [0.15, 0.2) is 5.11 Å². The number of hydrogen-bond donors (Lipinski definition) is 0. The number of morpholine rings is 1. The summed E-state index contributed by atoms with van der Waals surface area (Å²) in [4.78, 5) is 5.12. The van der Waals surface area contributed by atoms with Gasteiger partial charge in [-0.1, -0.05) is 5.11 Å². The van der Waals surface area contributed by atoms with Gasteiger partial charge >= 0.3 is 0 Å². The van der Waals surface area contributed by atoms with Gasteiger partial charge < -0.3 is 4.74 Å². The van der Waals surface area contributed by atoms with Crippen molar-refractivity contribution in [3.63, 3.8) is 0 Å². The molecule has 14 heavy (non-hydrogen) atoms. The predicted octanol–water partition coefficient (Wildman–Crippen LogP) is 1.80. The van der Waals surface area contributed by atoms with E-state index in [-0.39, 0.29) is 0 Å². The molecule has 0 aromatic carbocycles. The summed E-state index contributed by atoms with van der Waals surface area (Å²) < 4.78 is 5.52. The van der Waals surface area contributed by atoms with Crippen LogP contribution in [0.25, 0.3) is 10.4 Å². The van der Waals surface area contributed by atoms with Gasteiger partial charge in [0.1, 0.15) is 0 Å². The monoisotopic (exact) mass is 198 g/mol. The van der Waals surface area contributed by atoms with Gasteiger partial charge in [-0.05, 0) is 32.3 Å². The van der Waals surface area contributed by atoms with Crippen molar-refractivity contribution in [2.75, 3.05) is 26.2 Å². The number of hydrogen-bond acceptors (Lipinski definition) is 3. The normalized spacial score (nSPS) is 28.4. The molecule has 1 rings (SSSR count). The molecule has 0 amide bonds. The summed E-state index contributed by atoms with van der Waals surface area (Å²) in [5.74, 6) is 0. The number of ether oxygens (including phenoxy) is 1. The van der Waals surface area contributed by atoms with Gasteiger partial charge in [-0.25, -0.2) is 0 Å². The number of rotatable bonds is 4. The zero-order valence-electron chi connectivity index (χ0n) is 8.89. The maximum absolute atomic E-state index is 8.12. The molecular weight excluding hydrogens is 180 g/mol. The summed E-state index contributed by atoms with van der Waals surface area (Å²) in [7, 11) is 0. The van der Waals surface area contributed by atoms with Gasteiger partial charge in [-0.2, -0.15) is 0 Å². The molecule has 0 aromatic heterocycles. The molecular formula is C9H18N4O. The van der Waals surface area contributed by atoms with Crippen LogP contribution in [0.5, 0.6) is 0 Å². The second-order valence-electron chi connectivity index (χ2n) is 3.80. The van der Waals surface area contributed by atoms with Crippen molar-refractivity contribution < 1.29 is 4.74 Å².